The number of hydrogen-bond acceptors (Lipinski definition) is 3. The molecule has 0 aliphatic heterocycles. The molecule has 0 saturated carbocycles. The number of rotatable bonds is 4. The van der Waals surface area contributed by atoms with E-state index in [0.717, 1.165) is 13.0 Å². The molecule has 0 saturated heterocycles. The molecule has 1 N–H and O–H groups in total. The Morgan fingerprint density at radius 2 is 2.22 bits per heavy atom. The van der Waals surface area contributed by atoms with E-state index in [4.69, 9.17) is 0 Å². The van der Waals surface area contributed by atoms with Crippen molar-refractivity contribution < 1.29 is 61.3 Å². The molecular weight excluding hydrogens is 145 g/mol. The number of hydrogen-bond donors (Lipinski definition) is 1. The topological polar surface area (TPSA) is 52.2 Å². The zero-order chi connectivity index (χ0) is 6.41. The molecule has 0 aromatic carbocycles. The maximum atomic E-state index is 9.70. The molecule has 0 rings (SSSR count). The van der Waals surface area contributed by atoms with E-state index in [1.807, 2.05) is 6.92 Å². The van der Waals surface area contributed by atoms with Crippen molar-refractivity contribution in [2.45, 2.75) is 13.3 Å². The van der Waals surface area contributed by atoms with E-state index >= 15 is 0 Å². The second-order valence-electron chi connectivity index (χ2n) is 1.55. The van der Waals surface area contributed by atoms with Crippen molar-refractivity contribution in [3.63, 3.8) is 0 Å². The van der Waals surface area contributed by atoms with Gasteiger partial charge in [-0.05, 0) is 13.0 Å². The Balaban J connectivity index is 0. The van der Waals surface area contributed by atoms with E-state index in [1.54, 1.807) is 0 Å². The maximum absolute atomic E-state index is 9.70. The van der Waals surface area contributed by atoms with E-state index in [2.05, 4.69) is 5.32 Å². The average Bonchev–Trinajstić information content (AvgIpc) is 1.66. The first-order chi connectivity index (χ1) is 3.77. The molecule has 48 valence electrons. The Hall–Kier alpha value is 1.07. The summed E-state index contributed by atoms with van der Waals surface area (Å²) in [5.41, 5.74) is 0. The van der Waals surface area contributed by atoms with Gasteiger partial charge in [0.1, 0.15) is 0 Å². The number of carboxylic acid groups (broad SMARTS) is 1. The number of aliphatic carboxylic acids is 1. The Kier molecular flexibility index (Phi) is 12.8. The first-order valence-electron chi connectivity index (χ1n) is 2.68. The van der Waals surface area contributed by atoms with E-state index in [0.29, 0.717) is 0 Å². The molecule has 0 radical (unpaired) electrons. The van der Waals surface area contributed by atoms with Crippen LogP contribution in [0.5, 0.6) is 0 Å². The molecule has 0 aliphatic rings. The number of nitrogens with one attached hydrogen (secondary N) is 1. The fourth-order valence-electron chi connectivity index (χ4n) is 0.367. The van der Waals surface area contributed by atoms with Crippen LogP contribution in [-0.2, 0) is 4.79 Å². The van der Waals surface area contributed by atoms with Gasteiger partial charge in [-0.1, -0.05) is 6.92 Å². The van der Waals surface area contributed by atoms with Crippen LogP contribution < -0.4 is 61.8 Å². The predicted octanol–water partition coefficient (Wildman–Crippen LogP) is -4.26. The fraction of sp³-hybridized carbons (Fsp3) is 0.800. The third-order valence-electron chi connectivity index (χ3n) is 0.696. The van der Waals surface area contributed by atoms with E-state index < -0.39 is 5.97 Å². The first-order valence-corrected chi connectivity index (χ1v) is 2.68. The Bertz CT molecular complexity index is 77.4. The van der Waals surface area contributed by atoms with Crippen molar-refractivity contribution in [2.24, 2.45) is 0 Å². The summed E-state index contributed by atoms with van der Waals surface area (Å²) in [4.78, 5) is 9.70. The zero-order valence-electron chi connectivity index (χ0n) is 5.94. The molecule has 0 bridgehead atoms. The van der Waals surface area contributed by atoms with Gasteiger partial charge in [-0.15, -0.1) is 0 Å². The van der Waals surface area contributed by atoms with Gasteiger partial charge < -0.3 is 15.2 Å². The third-order valence-corrected chi connectivity index (χ3v) is 0.696. The second kappa shape index (κ2) is 9.07. The van der Waals surface area contributed by atoms with Gasteiger partial charge in [0.05, 0.1) is 5.97 Å². The number of carbonyl (C=O) groups excluding carboxylic acids is 1. The van der Waals surface area contributed by atoms with Crippen molar-refractivity contribution in [1.82, 2.24) is 5.32 Å². The van der Waals surface area contributed by atoms with Gasteiger partial charge in [-0.3, -0.25) is 0 Å². The van der Waals surface area contributed by atoms with Crippen LogP contribution in [0.4, 0.5) is 0 Å². The van der Waals surface area contributed by atoms with Crippen molar-refractivity contribution >= 4 is 5.97 Å². The minimum absolute atomic E-state index is 0. The summed E-state index contributed by atoms with van der Waals surface area (Å²) >= 11 is 0. The quantitative estimate of drug-likeness (QED) is 0.330. The molecule has 0 heterocycles. The van der Waals surface area contributed by atoms with Crippen LogP contribution in [0.1, 0.15) is 13.3 Å². The van der Waals surface area contributed by atoms with E-state index in [9.17, 15) is 9.90 Å². The summed E-state index contributed by atoms with van der Waals surface area (Å²) in [7, 11) is 0. The van der Waals surface area contributed by atoms with Crippen LogP contribution in [0.15, 0.2) is 0 Å². The Morgan fingerprint density at radius 3 is 2.56 bits per heavy atom. The van der Waals surface area contributed by atoms with Crippen molar-refractivity contribution in [3.8, 4) is 0 Å². The number of carboxylic acids is 1. The van der Waals surface area contributed by atoms with Crippen LogP contribution in [0.25, 0.3) is 0 Å². The van der Waals surface area contributed by atoms with Gasteiger partial charge in [-0.2, -0.15) is 0 Å². The molecular formula is C5H10KNO2. The van der Waals surface area contributed by atoms with Crippen molar-refractivity contribution in [2.75, 3.05) is 13.1 Å². The van der Waals surface area contributed by atoms with Gasteiger partial charge in [0, 0.05) is 6.54 Å². The fourth-order valence-corrected chi connectivity index (χ4v) is 0.367. The minimum Gasteiger partial charge on any atom is -0.549 e. The molecule has 0 amide bonds. The first kappa shape index (κ1) is 12.7. The summed E-state index contributed by atoms with van der Waals surface area (Å²) in [5, 5.41) is 12.4. The SMILES string of the molecule is CCCNCC(=O)[O-].[K+]. The van der Waals surface area contributed by atoms with Crippen LogP contribution in [0, 0.1) is 0 Å². The molecule has 0 aliphatic carbocycles. The Morgan fingerprint density at radius 1 is 1.67 bits per heavy atom. The van der Waals surface area contributed by atoms with E-state index in [-0.39, 0.29) is 57.9 Å². The van der Waals surface area contributed by atoms with Crippen LogP contribution in [0.2, 0.25) is 0 Å². The molecule has 9 heavy (non-hydrogen) atoms. The van der Waals surface area contributed by atoms with Crippen molar-refractivity contribution in [1.29, 1.82) is 0 Å². The van der Waals surface area contributed by atoms with Gasteiger partial charge >= 0.3 is 51.4 Å². The van der Waals surface area contributed by atoms with Crippen molar-refractivity contribution in [3.05, 3.63) is 0 Å². The summed E-state index contributed by atoms with van der Waals surface area (Å²) in [6.45, 7) is 2.68. The molecule has 3 nitrogen and oxygen atoms in total. The largest absolute Gasteiger partial charge is 1.00 e. The predicted molar refractivity (Wildman–Crippen MR) is 28.2 cm³/mol. The molecule has 0 spiro atoms. The van der Waals surface area contributed by atoms with Gasteiger partial charge in [0.25, 0.3) is 0 Å². The number of carbonyl (C=O) groups is 1. The Labute approximate surface area is 97.6 Å². The molecule has 0 atom stereocenters. The maximum Gasteiger partial charge on any atom is 1.00 e. The van der Waals surface area contributed by atoms with Gasteiger partial charge in [-0.25, -0.2) is 0 Å². The average molecular weight is 155 g/mol. The van der Waals surface area contributed by atoms with Gasteiger partial charge in [0.2, 0.25) is 0 Å². The normalized spacial score (nSPS) is 8.11. The third kappa shape index (κ3) is 12.3. The molecule has 0 aromatic heterocycles. The summed E-state index contributed by atoms with van der Waals surface area (Å²) in [6.07, 6.45) is 0.952. The van der Waals surface area contributed by atoms with Gasteiger partial charge in [0.15, 0.2) is 0 Å². The molecule has 0 fully saturated rings. The monoisotopic (exact) mass is 155 g/mol. The van der Waals surface area contributed by atoms with Crippen LogP contribution in [0.3, 0.4) is 0 Å². The molecule has 0 aromatic rings. The zero-order valence-corrected chi connectivity index (χ0v) is 9.06. The smallest absolute Gasteiger partial charge is 0.549 e. The minimum atomic E-state index is -1.04. The molecule has 4 heteroatoms. The van der Waals surface area contributed by atoms with Crippen LogP contribution in [-0.4, -0.2) is 19.1 Å². The standard InChI is InChI=1S/C5H11NO2.K/c1-2-3-6-4-5(7)8;/h6H,2-4H2,1H3,(H,7,8);/q;+1/p-1. The summed E-state index contributed by atoms with van der Waals surface area (Å²) < 4.78 is 0. The molecule has 0 unspecified atom stereocenters. The van der Waals surface area contributed by atoms with E-state index in [1.165, 1.54) is 0 Å². The second-order valence-corrected chi connectivity index (χ2v) is 1.55. The summed E-state index contributed by atoms with van der Waals surface area (Å²) in [6, 6.07) is 0. The summed E-state index contributed by atoms with van der Waals surface area (Å²) in [5.74, 6) is -1.04. The van der Waals surface area contributed by atoms with Crippen LogP contribution >= 0.6 is 0 Å².